The number of aryl methyl sites for hydroxylation is 1. The Morgan fingerprint density at radius 2 is 2.44 bits per heavy atom. The SMILES string of the molecule is CCCc1[c]c[c]cc1. The molecule has 0 amide bonds. The lowest BCUT2D eigenvalue weighted by Gasteiger charge is -1.92. The first-order chi connectivity index (χ1) is 4.43. The minimum absolute atomic E-state index is 1.13. The van der Waals surface area contributed by atoms with Gasteiger partial charge >= 0.3 is 0 Å². The number of hydrogen-bond acceptors (Lipinski definition) is 0. The van der Waals surface area contributed by atoms with E-state index in [2.05, 4.69) is 25.1 Å². The van der Waals surface area contributed by atoms with Gasteiger partial charge in [0.1, 0.15) is 0 Å². The van der Waals surface area contributed by atoms with Crippen molar-refractivity contribution in [3.8, 4) is 0 Å². The van der Waals surface area contributed by atoms with Crippen molar-refractivity contribution in [2.45, 2.75) is 19.8 Å². The third-order valence-electron chi connectivity index (χ3n) is 1.24. The molecule has 0 saturated heterocycles. The van der Waals surface area contributed by atoms with Gasteiger partial charge in [0.2, 0.25) is 0 Å². The highest BCUT2D eigenvalue weighted by Crippen LogP contribution is 1.99. The Hall–Kier alpha value is -0.780. The van der Waals surface area contributed by atoms with E-state index >= 15 is 0 Å². The molecule has 0 heteroatoms. The quantitative estimate of drug-likeness (QED) is 0.558. The average molecular weight is 118 g/mol. The van der Waals surface area contributed by atoms with Crippen LogP contribution >= 0.6 is 0 Å². The van der Waals surface area contributed by atoms with Gasteiger partial charge in [-0.2, -0.15) is 0 Å². The van der Waals surface area contributed by atoms with Crippen molar-refractivity contribution >= 4 is 0 Å². The van der Waals surface area contributed by atoms with Gasteiger partial charge in [0.15, 0.2) is 0 Å². The van der Waals surface area contributed by atoms with Gasteiger partial charge in [0, 0.05) is 0 Å². The van der Waals surface area contributed by atoms with E-state index in [1.165, 1.54) is 12.0 Å². The summed E-state index contributed by atoms with van der Waals surface area (Å²) in [6.45, 7) is 2.17. The van der Waals surface area contributed by atoms with Crippen LogP contribution in [0.3, 0.4) is 0 Å². The molecule has 0 heterocycles. The predicted molar refractivity (Wildman–Crippen MR) is 38.1 cm³/mol. The first kappa shape index (κ1) is 6.34. The number of hydrogen-bond donors (Lipinski definition) is 0. The Morgan fingerprint density at radius 1 is 1.56 bits per heavy atom. The predicted octanol–water partition coefficient (Wildman–Crippen LogP) is 2.24. The maximum Gasteiger partial charge on any atom is -0.0143 e. The molecule has 0 aromatic heterocycles. The van der Waals surface area contributed by atoms with Crippen molar-refractivity contribution in [1.82, 2.24) is 0 Å². The zero-order chi connectivity index (χ0) is 6.53. The van der Waals surface area contributed by atoms with Gasteiger partial charge in [-0.25, -0.2) is 0 Å². The lowest BCUT2D eigenvalue weighted by molar-refractivity contribution is 0.920. The molecule has 0 nitrogen and oxygen atoms in total. The van der Waals surface area contributed by atoms with Crippen molar-refractivity contribution in [3.63, 3.8) is 0 Å². The second-order valence-corrected chi connectivity index (χ2v) is 2.06. The molecule has 0 aliphatic carbocycles. The highest BCUT2D eigenvalue weighted by molar-refractivity contribution is 5.11. The van der Waals surface area contributed by atoms with Crippen LogP contribution in [0.5, 0.6) is 0 Å². The molecule has 0 bridgehead atoms. The Labute approximate surface area is 56.5 Å². The fraction of sp³-hybridized carbons (Fsp3) is 0.333. The van der Waals surface area contributed by atoms with Crippen LogP contribution in [0.2, 0.25) is 0 Å². The third-order valence-corrected chi connectivity index (χ3v) is 1.24. The molecule has 1 aromatic carbocycles. The Balaban J connectivity index is 2.61. The molecule has 0 fully saturated rings. The van der Waals surface area contributed by atoms with Crippen LogP contribution in [0.4, 0.5) is 0 Å². The lowest BCUT2D eigenvalue weighted by atomic mass is 10.1. The maximum absolute atomic E-state index is 3.11. The van der Waals surface area contributed by atoms with Crippen molar-refractivity contribution < 1.29 is 0 Å². The number of benzene rings is 1. The van der Waals surface area contributed by atoms with Gasteiger partial charge in [0.05, 0.1) is 0 Å². The summed E-state index contributed by atoms with van der Waals surface area (Å²) in [6, 6.07) is 11.9. The average Bonchev–Trinajstić information content (AvgIpc) is 1.91. The Morgan fingerprint density at radius 3 is 3.00 bits per heavy atom. The lowest BCUT2D eigenvalue weighted by Crippen LogP contribution is -1.79. The van der Waals surface area contributed by atoms with Crippen LogP contribution in [-0.2, 0) is 6.42 Å². The van der Waals surface area contributed by atoms with E-state index in [1.807, 2.05) is 12.1 Å². The van der Waals surface area contributed by atoms with E-state index in [-0.39, 0.29) is 0 Å². The van der Waals surface area contributed by atoms with E-state index in [4.69, 9.17) is 0 Å². The van der Waals surface area contributed by atoms with Gasteiger partial charge in [-0.1, -0.05) is 25.5 Å². The summed E-state index contributed by atoms with van der Waals surface area (Å²) >= 11 is 0. The summed E-state index contributed by atoms with van der Waals surface area (Å²) in [5.74, 6) is 0. The van der Waals surface area contributed by atoms with E-state index in [0.29, 0.717) is 0 Å². The zero-order valence-corrected chi connectivity index (χ0v) is 5.65. The van der Waals surface area contributed by atoms with E-state index in [0.717, 1.165) is 6.42 Å². The molecule has 0 saturated carbocycles. The van der Waals surface area contributed by atoms with Gasteiger partial charge in [-0.05, 0) is 30.2 Å². The summed E-state index contributed by atoms with van der Waals surface area (Å²) in [4.78, 5) is 0. The van der Waals surface area contributed by atoms with E-state index in [1.54, 1.807) is 0 Å². The molecule has 0 aliphatic rings. The first-order valence-corrected chi connectivity index (χ1v) is 3.30. The minimum Gasteiger partial charge on any atom is -0.0651 e. The Kier molecular flexibility index (Phi) is 2.32. The molecule has 0 aliphatic heterocycles. The van der Waals surface area contributed by atoms with Gasteiger partial charge < -0.3 is 0 Å². The second-order valence-electron chi connectivity index (χ2n) is 2.06. The van der Waals surface area contributed by atoms with Crippen LogP contribution in [0, 0.1) is 12.1 Å². The highest BCUT2D eigenvalue weighted by Gasteiger charge is 1.85. The van der Waals surface area contributed by atoms with E-state index in [9.17, 15) is 0 Å². The topological polar surface area (TPSA) is 0 Å². The monoisotopic (exact) mass is 118 g/mol. The summed E-state index contributed by atoms with van der Waals surface area (Å²) < 4.78 is 0. The molecule has 1 aromatic rings. The van der Waals surface area contributed by atoms with Crippen LogP contribution in [0.1, 0.15) is 18.9 Å². The summed E-state index contributed by atoms with van der Waals surface area (Å²) in [5, 5.41) is 0. The largest absolute Gasteiger partial charge is 0.0651 e. The molecule has 0 atom stereocenters. The van der Waals surface area contributed by atoms with Crippen molar-refractivity contribution in [1.29, 1.82) is 0 Å². The zero-order valence-electron chi connectivity index (χ0n) is 5.65. The van der Waals surface area contributed by atoms with Crippen LogP contribution in [0.15, 0.2) is 18.2 Å². The first-order valence-electron chi connectivity index (χ1n) is 3.30. The molecular formula is C9H10. The fourth-order valence-corrected chi connectivity index (χ4v) is 0.804. The molecule has 1 rings (SSSR count). The Bertz CT molecular complexity index is 153. The summed E-state index contributed by atoms with van der Waals surface area (Å²) in [7, 11) is 0. The molecule has 2 radical (unpaired) electrons. The van der Waals surface area contributed by atoms with Crippen molar-refractivity contribution in [3.05, 3.63) is 35.9 Å². The molecule has 0 N–H and O–H groups in total. The van der Waals surface area contributed by atoms with Crippen molar-refractivity contribution in [2.24, 2.45) is 0 Å². The van der Waals surface area contributed by atoms with Crippen LogP contribution in [-0.4, -0.2) is 0 Å². The molecular weight excluding hydrogens is 108 g/mol. The third kappa shape index (κ3) is 1.88. The number of rotatable bonds is 2. The molecule has 0 spiro atoms. The second kappa shape index (κ2) is 3.29. The van der Waals surface area contributed by atoms with Gasteiger partial charge in [-0.3, -0.25) is 0 Å². The van der Waals surface area contributed by atoms with Crippen LogP contribution in [0.25, 0.3) is 0 Å². The normalized spacial score (nSPS) is 9.44. The van der Waals surface area contributed by atoms with Gasteiger partial charge in [-0.15, -0.1) is 0 Å². The summed E-state index contributed by atoms with van der Waals surface area (Å²) in [5.41, 5.74) is 1.29. The summed E-state index contributed by atoms with van der Waals surface area (Å²) in [6.07, 6.45) is 2.33. The molecule has 0 unspecified atom stereocenters. The van der Waals surface area contributed by atoms with Crippen molar-refractivity contribution in [2.75, 3.05) is 0 Å². The maximum atomic E-state index is 3.11. The molecule has 46 valence electrons. The van der Waals surface area contributed by atoms with Gasteiger partial charge in [0.25, 0.3) is 0 Å². The highest BCUT2D eigenvalue weighted by atomic mass is 13.9. The standard InChI is InChI=1S/C9H10/c1-2-6-9-7-4-3-5-8-9/h4-5,7H,2,6H2,1H3. The van der Waals surface area contributed by atoms with Crippen LogP contribution < -0.4 is 0 Å². The fourth-order valence-electron chi connectivity index (χ4n) is 0.804. The molecule has 9 heavy (non-hydrogen) atoms. The smallest absolute Gasteiger partial charge is 0.0143 e. The van der Waals surface area contributed by atoms with E-state index < -0.39 is 0 Å². The minimum atomic E-state index is 1.13.